The fourth-order valence-corrected chi connectivity index (χ4v) is 2.78. The molecule has 0 spiro atoms. The summed E-state index contributed by atoms with van der Waals surface area (Å²) in [6, 6.07) is 0. The van der Waals surface area contributed by atoms with Gasteiger partial charge in [-0.1, -0.05) is 104 Å². The third-order valence-corrected chi connectivity index (χ3v) is 4.23. The Morgan fingerprint density at radius 2 is 0.727 bits per heavy atom. The minimum Gasteiger partial charge on any atom is -0.103 e. The highest BCUT2D eigenvalue weighted by atomic mass is 14.0. The molecule has 0 saturated carbocycles. The van der Waals surface area contributed by atoms with Crippen molar-refractivity contribution < 1.29 is 0 Å². The van der Waals surface area contributed by atoms with Crippen molar-refractivity contribution in [2.75, 3.05) is 0 Å². The van der Waals surface area contributed by atoms with Gasteiger partial charge in [-0.15, -0.1) is 11.8 Å². The van der Waals surface area contributed by atoms with Gasteiger partial charge in [0, 0.05) is 12.8 Å². The van der Waals surface area contributed by atoms with Gasteiger partial charge in [0.1, 0.15) is 0 Å². The summed E-state index contributed by atoms with van der Waals surface area (Å²) in [5.74, 6) is 6.41. The van der Waals surface area contributed by atoms with Crippen molar-refractivity contribution in [3.05, 3.63) is 13.8 Å². The molecule has 0 unspecified atom stereocenters. The molecule has 0 rings (SSSR count). The normalized spacial score (nSPS) is 10.5. The van der Waals surface area contributed by atoms with Crippen LogP contribution in [0.25, 0.3) is 0 Å². The number of hydrogen-bond donors (Lipinski definition) is 0. The molecule has 2 radical (unpaired) electrons. The third-order valence-electron chi connectivity index (χ3n) is 4.23. The third kappa shape index (κ3) is 19.6. The number of unbranched alkanes of at least 4 members (excludes halogenated alkanes) is 16. The summed E-state index contributed by atoms with van der Waals surface area (Å²) < 4.78 is 0. The zero-order chi connectivity index (χ0) is 16.1. The molecule has 0 aromatic heterocycles. The highest BCUT2D eigenvalue weighted by molar-refractivity contribution is 4.98. The van der Waals surface area contributed by atoms with Crippen molar-refractivity contribution in [3.63, 3.8) is 0 Å². The maximum atomic E-state index is 3.89. The SMILES string of the molecule is [CH2]CCC#CCCCCCCCCCCCCCCCC[CH2]. The summed E-state index contributed by atoms with van der Waals surface area (Å²) in [5, 5.41) is 0. The van der Waals surface area contributed by atoms with E-state index in [9.17, 15) is 0 Å². The molecule has 0 heteroatoms. The van der Waals surface area contributed by atoms with E-state index in [1.54, 1.807) is 0 Å². The fourth-order valence-electron chi connectivity index (χ4n) is 2.78. The van der Waals surface area contributed by atoms with Crippen LogP contribution in [0, 0.1) is 25.7 Å². The fraction of sp³-hybridized carbons (Fsp3) is 0.818. The van der Waals surface area contributed by atoms with Gasteiger partial charge in [0.15, 0.2) is 0 Å². The Labute approximate surface area is 141 Å². The molecule has 0 bridgehead atoms. The predicted octanol–water partition coefficient (Wildman–Crippen LogP) is 7.68. The van der Waals surface area contributed by atoms with Gasteiger partial charge in [-0.05, 0) is 12.8 Å². The average molecular weight is 305 g/mol. The first kappa shape index (κ1) is 21.6. The lowest BCUT2D eigenvalue weighted by Crippen LogP contribution is -1.83. The molecule has 0 amide bonds. The molecule has 0 aliphatic heterocycles. The van der Waals surface area contributed by atoms with Crippen LogP contribution in [-0.2, 0) is 0 Å². The first-order valence-electron chi connectivity index (χ1n) is 9.96. The zero-order valence-corrected chi connectivity index (χ0v) is 15.1. The number of hydrogen-bond acceptors (Lipinski definition) is 0. The van der Waals surface area contributed by atoms with Crippen LogP contribution in [0.1, 0.15) is 116 Å². The Kier molecular flexibility index (Phi) is 20.1. The molecule has 0 aliphatic carbocycles. The molecule has 0 saturated heterocycles. The highest BCUT2D eigenvalue weighted by Crippen LogP contribution is 2.13. The largest absolute Gasteiger partial charge is 0.103 e. The van der Waals surface area contributed by atoms with Crippen molar-refractivity contribution in [3.8, 4) is 11.8 Å². The van der Waals surface area contributed by atoms with Crippen LogP contribution in [-0.4, -0.2) is 0 Å². The van der Waals surface area contributed by atoms with Gasteiger partial charge < -0.3 is 0 Å². The molecule has 0 aliphatic rings. The van der Waals surface area contributed by atoms with Gasteiger partial charge in [-0.2, -0.15) is 0 Å². The second-order valence-corrected chi connectivity index (χ2v) is 6.51. The molecule has 128 valence electrons. The maximum absolute atomic E-state index is 3.89. The van der Waals surface area contributed by atoms with E-state index in [2.05, 4.69) is 25.7 Å². The molecular weight excluding hydrogens is 264 g/mol. The smallest absolute Gasteiger partial charge is 0.00886 e. The highest BCUT2D eigenvalue weighted by Gasteiger charge is 1.94. The Balaban J connectivity index is 2.99. The summed E-state index contributed by atoms with van der Waals surface area (Å²) in [6.45, 7) is 7.69. The molecule has 22 heavy (non-hydrogen) atoms. The van der Waals surface area contributed by atoms with Crippen molar-refractivity contribution in [2.45, 2.75) is 116 Å². The summed E-state index contributed by atoms with van der Waals surface area (Å²) in [7, 11) is 0. The Bertz CT molecular complexity index is 242. The van der Waals surface area contributed by atoms with Crippen molar-refractivity contribution in [2.24, 2.45) is 0 Å². The van der Waals surface area contributed by atoms with E-state index in [1.165, 1.54) is 89.9 Å². The van der Waals surface area contributed by atoms with Gasteiger partial charge in [0.25, 0.3) is 0 Å². The summed E-state index contributed by atoms with van der Waals surface area (Å²) >= 11 is 0. The second-order valence-electron chi connectivity index (χ2n) is 6.51. The average Bonchev–Trinajstić information content (AvgIpc) is 2.54. The summed E-state index contributed by atoms with van der Waals surface area (Å²) in [5.41, 5.74) is 0. The summed E-state index contributed by atoms with van der Waals surface area (Å²) in [6.07, 6.45) is 23.9. The van der Waals surface area contributed by atoms with Crippen LogP contribution in [0.3, 0.4) is 0 Å². The lowest BCUT2D eigenvalue weighted by atomic mass is 10.0. The standard InChI is InChI=1S/C22H40/c1-3-5-7-9-11-13-15-17-19-21-22-20-18-16-14-12-10-8-6-4-2/h1-7,9,11-22H2. The first-order chi connectivity index (χ1) is 10.9. The van der Waals surface area contributed by atoms with Gasteiger partial charge >= 0.3 is 0 Å². The quantitative estimate of drug-likeness (QED) is 0.202. The Hall–Kier alpha value is -0.440. The molecule has 0 nitrogen and oxygen atoms in total. The first-order valence-corrected chi connectivity index (χ1v) is 9.96. The molecule has 0 aromatic rings. The van der Waals surface area contributed by atoms with Gasteiger partial charge in [-0.3, -0.25) is 0 Å². The van der Waals surface area contributed by atoms with Gasteiger partial charge in [0.2, 0.25) is 0 Å². The zero-order valence-electron chi connectivity index (χ0n) is 15.1. The van der Waals surface area contributed by atoms with Crippen molar-refractivity contribution >= 4 is 0 Å². The van der Waals surface area contributed by atoms with E-state index < -0.39 is 0 Å². The minimum atomic E-state index is 0.948. The molecule has 0 heterocycles. The molecule has 0 fully saturated rings. The lowest BCUT2D eigenvalue weighted by Gasteiger charge is -2.03. The second kappa shape index (κ2) is 20.6. The molecular formula is C22H40. The van der Waals surface area contributed by atoms with Crippen LogP contribution in [0.5, 0.6) is 0 Å². The topological polar surface area (TPSA) is 0 Å². The van der Waals surface area contributed by atoms with Crippen LogP contribution in [0.4, 0.5) is 0 Å². The van der Waals surface area contributed by atoms with Crippen molar-refractivity contribution in [1.82, 2.24) is 0 Å². The van der Waals surface area contributed by atoms with E-state index in [0.717, 1.165) is 25.7 Å². The monoisotopic (exact) mass is 304 g/mol. The van der Waals surface area contributed by atoms with Gasteiger partial charge in [0.05, 0.1) is 0 Å². The molecule has 0 N–H and O–H groups in total. The predicted molar refractivity (Wildman–Crippen MR) is 102 cm³/mol. The Morgan fingerprint density at radius 3 is 1.14 bits per heavy atom. The van der Waals surface area contributed by atoms with E-state index >= 15 is 0 Å². The summed E-state index contributed by atoms with van der Waals surface area (Å²) in [4.78, 5) is 0. The van der Waals surface area contributed by atoms with Crippen molar-refractivity contribution in [1.29, 1.82) is 0 Å². The van der Waals surface area contributed by atoms with Crippen LogP contribution >= 0.6 is 0 Å². The van der Waals surface area contributed by atoms with E-state index in [-0.39, 0.29) is 0 Å². The van der Waals surface area contributed by atoms with Gasteiger partial charge in [-0.25, -0.2) is 0 Å². The maximum Gasteiger partial charge on any atom is 0.00886 e. The lowest BCUT2D eigenvalue weighted by molar-refractivity contribution is 0.534. The van der Waals surface area contributed by atoms with Crippen LogP contribution < -0.4 is 0 Å². The molecule has 0 aromatic carbocycles. The van der Waals surface area contributed by atoms with Crippen LogP contribution in [0.2, 0.25) is 0 Å². The molecule has 0 atom stereocenters. The number of rotatable bonds is 16. The Morgan fingerprint density at radius 1 is 0.364 bits per heavy atom. The van der Waals surface area contributed by atoms with E-state index in [0.29, 0.717) is 0 Å². The van der Waals surface area contributed by atoms with Crippen LogP contribution in [0.15, 0.2) is 0 Å². The minimum absolute atomic E-state index is 0.948. The van der Waals surface area contributed by atoms with E-state index in [4.69, 9.17) is 0 Å². The van der Waals surface area contributed by atoms with E-state index in [1.807, 2.05) is 0 Å².